The van der Waals surface area contributed by atoms with Crippen molar-refractivity contribution in [3.63, 3.8) is 0 Å². The Morgan fingerprint density at radius 2 is 1.71 bits per heavy atom. The highest BCUT2D eigenvalue weighted by molar-refractivity contribution is 8.76. The number of likely N-dealkylation sites (N-methyl/N-ethyl adjacent to an activating group) is 1. The van der Waals surface area contributed by atoms with Gasteiger partial charge in [0.25, 0.3) is 0 Å². The Morgan fingerprint density at radius 3 is 2.38 bits per heavy atom. The zero-order chi connectivity index (χ0) is 29.7. The minimum atomic E-state index is -0.728. The van der Waals surface area contributed by atoms with Crippen LogP contribution in [-0.2, 0) is 26.6 Å². The molecule has 42 heavy (non-hydrogen) atoms. The number of nitrogens with one attached hydrogen (secondary N) is 2. The maximum absolute atomic E-state index is 14.2. The van der Waals surface area contributed by atoms with Crippen molar-refractivity contribution < 1.29 is 14.4 Å². The molecule has 1 saturated heterocycles. The van der Waals surface area contributed by atoms with Crippen LogP contribution in [0.1, 0.15) is 55.3 Å². The third-order valence-electron chi connectivity index (χ3n) is 7.56. The van der Waals surface area contributed by atoms with Crippen molar-refractivity contribution in [2.75, 3.05) is 13.6 Å². The number of amides is 3. The van der Waals surface area contributed by atoms with Crippen molar-refractivity contribution in [3.05, 3.63) is 102 Å². The van der Waals surface area contributed by atoms with Crippen molar-refractivity contribution in [3.8, 4) is 0 Å². The van der Waals surface area contributed by atoms with Crippen molar-refractivity contribution >= 4 is 39.3 Å². The molecule has 222 valence electrons. The lowest BCUT2D eigenvalue weighted by atomic mass is 9.90. The van der Waals surface area contributed by atoms with E-state index in [-0.39, 0.29) is 28.9 Å². The van der Waals surface area contributed by atoms with Gasteiger partial charge in [0.15, 0.2) is 0 Å². The highest BCUT2D eigenvalue weighted by Crippen LogP contribution is 2.34. The highest BCUT2D eigenvalue weighted by atomic mass is 33.1. The summed E-state index contributed by atoms with van der Waals surface area (Å²) in [4.78, 5) is 47.1. The maximum Gasteiger partial charge on any atom is 0.245 e. The van der Waals surface area contributed by atoms with Crippen molar-refractivity contribution in [1.82, 2.24) is 20.5 Å². The zero-order valence-corrected chi connectivity index (χ0v) is 25.9. The smallest absolute Gasteiger partial charge is 0.245 e. The summed E-state index contributed by atoms with van der Waals surface area (Å²) in [6.45, 7) is 2.49. The zero-order valence-electron chi connectivity index (χ0n) is 24.3. The minimum Gasteiger partial charge on any atom is -0.357 e. The molecular weight excluding hydrogens is 565 g/mol. The second-order valence-corrected chi connectivity index (χ2v) is 13.1. The number of pyridine rings is 1. The van der Waals surface area contributed by atoms with Gasteiger partial charge in [-0.15, -0.1) is 0 Å². The molecule has 1 aromatic heterocycles. The van der Waals surface area contributed by atoms with E-state index in [2.05, 4.69) is 34.7 Å². The fraction of sp³-hybridized carbons (Fsp3) is 0.394. The number of hydrogen-bond acceptors (Lipinski definition) is 6. The van der Waals surface area contributed by atoms with Crippen LogP contribution >= 0.6 is 21.6 Å². The van der Waals surface area contributed by atoms with Crippen LogP contribution in [0.15, 0.2) is 85.1 Å². The largest absolute Gasteiger partial charge is 0.357 e. The van der Waals surface area contributed by atoms with Crippen molar-refractivity contribution in [2.45, 2.75) is 68.0 Å². The van der Waals surface area contributed by atoms with Gasteiger partial charge in [-0.1, -0.05) is 102 Å². The predicted octanol–water partition coefficient (Wildman–Crippen LogP) is 5.38. The molecular formula is C33H40N4O3S2. The molecule has 0 bridgehead atoms. The number of aromatic nitrogens is 1. The fourth-order valence-electron chi connectivity index (χ4n) is 5.32. The lowest BCUT2D eigenvalue weighted by Gasteiger charge is -2.32. The van der Waals surface area contributed by atoms with E-state index < -0.39 is 12.1 Å². The van der Waals surface area contributed by atoms with Crippen LogP contribution in [0.4, 0.5) is 0 Å². The summed E-state index contributed by atoms with van der Waals surface area (Å²) in [6, 6.07) is 24.3. The molecule has 0 spiro atoms. The Balaban J connectivity index is 1.55. The van der Waals surface area contributed by atoms with E-state index in [4.69, 9.17) is 0 Å². The van der Waals surface area contributed by atoms with Gasteiger partial charge in [-0.2, -0.15) is 0 Å². The molecule has 1 aliphatic heterocycles. The summed E-state index contributed by atoms with van der Waals surface area (Å²) in [5, 5.41) is 5.60. The molecule has 3 amide bonds. The Labute approximate surface area is 257 Å². The standard InChI is InChI=1S/C33H40N4O3S2/c1-3-12-30(42-41-23-27-17-10-11-19-35-27)32(39)36-28-22-26(25-15-8-5-9-16-25)18-20-37(33(28)40)29(31(38)34-2)21-24-13-6-4-7-14-24/h4-11,13-17,19,26,28-30H,3,12,18,20-23H2,1-2H3,(H,34,38)(H,36,39). The average Bonchev–Trinajstić information content (AvgIpc) is 3.19. The second kappa shape index (κ2) is 16.4. The van der Waals surface area contributed by atoms with Gasteiger partial charge in [-0.05, 0) is 48.4 Å². The Morgan fingerprint density at radius 1 is 1.00 bits per heavy atom. The number of rotatable bonds is 13. The van der Waals surface area contributed by atoms with Gasteiger partial charge in [0.1, 0.15) is 12.1 Å². The Kier molecular flexibility index (Phi) is 12.3. The van der Waals surface area contributed by atoms with Gasteiger partial charge in [-0.3, -0.25) is 19.4 Å². The number of carbonyl (C=O) groups excluding carboxylic acids is 3. The number of hydrogen-bond donors (Lipinski definition) is 2. The number of carbonyl (C=O) groups is 3. The molecule has 1 aliphatic rings. The first kappa shape index (κ1) is 31.6. The summed E-state index contributed by atoms with van der Waals surface area (Å²) in [6.07, 6.45) is 4.92. The van der Waals surface area contributed by atoms with E-state index in [1.165, 1.54) is 10.8 Å². The molecule has 0 aliphatic carbocycles. The Bertz CT molecular complexity index is 1280. The predicted molar refractivity (Wildman–Crippen MR) is 172 cm³/mol. The van der Waals surface area contributed by atoms with Gasteiger partial charge >= 0.3 is 0 Å². The third kappa shape index (κ3) is 8.85. The van der Waals surface area contributed by atoms with E-state index >= 15 is 0 Å². The van der Waals surface area contributed by atoms with Crippen LogP contribution in [0.2, 0.25) is 0 Å². The molecule has 1 fully saturated rings. The molecule has 2 heterocycles. The first-order valence-corrected chi connectivity index (χ1v) is 17.0. The van der Waals surface area contributed by atoms with Crippen molar-refractivity contribution in [2.24, 2.45) is 0 Å². The normalized spacial score (nSPS) is 18.5. The number of nitrogens with zero attached hydrogens (tertiary/aromatic N) is 2. The molecule has 4 atom stereocenters. The van der Waals surface area contributed by atoms with Gasteiger partial charge in [0, 0.05) is 32.0 Å². The molecule has 3 aromatic rings. The maximum atomic E-state index is 14.2. The van der Waals surface area contributed by atoms with Gasteiger partial charge in [0.2, 0.25) is 17.7 Å². The van der Waals surface area contributed by atoms with E-state index in [9.17, 15) is 14.4 Å². The van der Waals surface area contributed by atoms with E-state index in [0.717, 1.165) is 23.2 Å². The first-order chi connectivity index (χ1) is 20.5. The highest BCUT2D eigenvalue weighted by Gasteiger charge is 2.39. The summed E-state index contributed by atoms with van der Waals surface area (Å²) >= 11 is 0. The van der Waals surface area contributed by atoms with Crippen LogP contribution in [0.5, 0.6) is 0 Å². The molecule has 4 unspecified atom stereocenters. The monoisotopic (exact) mass is 604 g/mol. The molecule has 0 radical (unpaired) electrons. The van der Waals surface area contributed by atoms with Crippen LogP contribution < -0.4 is 10.6 Å². The van der Waals surface area contributed by atoms with E-state index in [1.54, 1.807) is 28.9 Å². The fourth-order valence-corrected chi connectivity index (χ4v) is 7.95. The quantitative estimate of drug-likeness (QED) is 0.255. The topological polar surface area (TPSA) is 91.4 Å². The lowest BCUT2D eigenvalue weighted by molar-refractivity contribution is -0.142. The van der Waals surface area contributed by atoms with Crippen LogP contribution in [0, 0.1) is 0 Å². The summed E-state index contributed by atoms with van der Waals surface area (Å²) in [5.74, 6) is 0.220. The molecule has 7 nitrogen and oxygen atoms in total. The second-order valence-electron chi connectivity index (χ2n) is 10.5. The van der Waals surface area contributed by atoms with Gasteiger partial charge in [0.05, 0.1) is 10.9 Å². The summed E-state index contributed by atoms with van der Waals surface area (Å²) < 4.78 is 0. The van der Waals surface area contributed by atoms with Gasteiger partial charge in [-0.25, -0.2) is 0 Å². The number of likely N-dealkylation sites (tertiary alicyclic amines) is 1. The molecule has 4 rings (SSSR count). The molecule has 2 N–H and O–H groups in total. The van der Waals surface area contributed by atoms with E-state index in [0.29, 0.717) is 38.0 Å². The number of benzene rings is 2. The van der Waals surface area contributed by atoms with Crippen LogP contribution in [-0.4, -0.2) is 58.5 Å². The lowest BCUT2D eigenvalue weighted by Crippen LogP contribution is -2.56. The summed E-state index contributed by atoms with van der Waals surface area (Å²) in [5.41, 5.74) is 3.08. The SMILES string of the molecule is CCCC(SSCc1ccccn1)C(=O)NC1CC(c2ccccc2)CCN(C(Cc2ccccc2)C(=O)NC)C1=O. The summed E-state index contributed by atoms with van der Waals surface area (Å²) in [7, 11) is 4.74. The third-order valence-corrected chi connectivity index (χ3v) is 10.3. The van der Waals surface area contributed by atoms with Gasteiger partial charge < -0.3 is 15.5 Å². The molecule has 9 heteroatoms. The van der Waals surface area contributed by atoms with Crippen LogP contribution in [0.3, 0.4) is 0 Å². The van der Waals surface area contributed by atoms with E-state index in [1.807, 2.05) is 66.7 Å². The van der Waals surface area contributed by atoms with Crippen LogP contribution in [0.25, 0.3) is 0 Å². The Hall–Kier alpha value is -3.30. The molecule has 2 aromatic carbocycles. The average molecular weight is 605 g/mol. The first-order valence-electron chi connectivity index (χ1n) is 14.6. The van der Waals surface area contributed by atoms with Crippen molar-refractivity contribution in [1.29, 1.82) is 0 Å². The minimum absolute atomic E-state index is 0.0725. The molecule has 0 saturated carbocycles.